The lowest BCUT2D eigenvalue weighted by atomic mass is 9.84. The standard InChI is InChI=1S/C12H15BN2O2S/c1-11(2)12(3,4)17-13(16-11)9-6-5-8-7-14-18-10(8)15-9/h5-7H,1-4H3. The number of rotatable bonds is 1. The molecule has 3 heterocycles. The van der Waals surface area contributed by atoms with Crippen LogP contribution in [0.25, 0.3) is 10.2 Å². The molecule has 1 aliphatic rings. The second-order valence-electron chi connectivity index (χ2n) is 5.54. The summed E-state index contributed by atoms with van der Waals surface area (Å²) in [6.45, 7) is 8.16. The molecule has 3 rings (SSSR count). The van der Waals surface area contributed by atoms with Gasteiger partial charge < -0.3 is 9.31 Å². The maximum atomic E-state index is 5.98. The first kappa shape index (κ1) is 12.1. The molecule has 0 radical (unpaired) electrons. The molecular weight excluding hydrogens is 247 g/mol. The summed E-state index contributed by atoms with van der Waals surface area (Å²) in [5.74, 6) is 0. The third-order valence-corrected chi connectivity index (χ3v) is 4.45. The highest BCUT2D eigenvalue weighted by molar-refractivity contribution is 7.12. The molecule has 0 unspecified atom stereocenters. The van der Waals surface area contributed by atoms with Gasteiger partial charge in [0.25, 0.3) is 0 Å². The van der Waals surface area contributed by atoms with E-state index in [0.717, 1.165) is 15.8 Å². The molecule has 0 aliphatic carbocycles. The van der Waals surface area contributed by atoms with Gasteiger partial charge in [-0.3, -0.25) is 0 Å². The average Bonchev–Trinajstić information content (AvgIpc) is 2.80. The molecule has 0 bridgehead atoms. The van der Waals surface area contributed by atoms with Crippen molar-refractivity contribution in [3.63, 3.8) is 0 Å². The molecule has 0 spiro atoms. The van der Waals surface area contributed by atoms with Crippen LogP contribution in [0.1, 0.15) is 27.7 Å². The molecule has 0 amide bonds. The van der Waals surface area contributed by atoms with E-state index in [0.29, 0.717) is 0 Å². The lowest BCUT2D eigenvalue weighted by Gasteiger charge is -2.32. The van der Waals surface area contributed by atoms with Crippen molar-refractivity contribution in [1.82, 2.24) is 9.36 Å². The summed E-state index contributed by atoms with van der Waals surface area (Å²) >= 11 is 1.39. The molecule has 2 aromatic rings. The number of nitrogens with zero attached hydrogens (tertiary/aromatic N) is 2. The summed E-state index contributed by atoms with van der Waals surface area (Å²) < 4.78 is 16.1. The van der Waals surface area contributed by atoms with Gasteiger partial charge in [0, 0.05) is 5.39 Å². The Balaban J connectivity index is 1.96. The van der Waals surface area contributed by atoms with Gasteiger partial charge in [0.15, 0.2) is 0 Å². The molecule has 1 saturated heterocycles. The van der Waals surface area contributed by atoms with Gasteiger partial charge in [0.05, 0.1) is 23.0 Å². The van der Waals surface area contributed by atoms with E-state index < -0.39 is 7.12 Å². The maximum Gasteiger partial charge on any atom is 0.514 e. The van der Waals surface area contributed by atoms with Gasteiger partial charge in [-0.25, -0.2) is 4.98 Å². The molecular formula is C12H15BN2O2S. The Labute approximate surface area is 111 Å². The van der Waals surface area contributed by atoms with E-state index in [4.69, 9.17) is 9.31 Å². The minimum absolute atomic E-state index is 0.331. The van der Waals surface area contributed by atoms with Crippen molar-refractivity contribution in [1.29, 1.82) is 0 Å². The number of fused-ring (bicyclic) bond motifs is 1. The van der Waals surface area contributed by atoms with E-state index >= 15 is 0 Å². The average molecular weight is 262 g/mol. The minimum Gasteiger partial charge on any atom is -0.398 e. The van der Waals surface area contributed by atoms with Crippen molar-refractivity contribution in [2.24, 2.45) is 0 Å². The lowest BCUT2D eigenvalue weighted by Crippen LogP contribution is -2.41. The Morgan fingerprint density at radius 1 is 1.11 bits per heavy atom. The van der Waals surface area contributed by atoms with Crippen LogP contribution in [0.5, 0.6) is 0 Å². The van der Waals surface area contributed by atoms with Crippen LogP contribution in [0.4, 0.5) is 0 Å². The summed E-state index contributed by atoms with van der Waals surface area (Å²) in [6.07, 6.45) is 1.82. The number of pyridine rings is 1. The molecule has 18 heavy (non-hydrogen) atoms. The van der Waals surface area contributed by atoms with Crippen LogP contribution in [0.3, 0.4) is 0 Å². The number of hydrogen-bond donors (Lipinski definition) is 0. The summed E-state index contributed by atoms with van der Waals surface area (Å²) in [6, 6.07) is 3.95. The molecule has 6 heteroatoms. The molecule has 0 N–H and O–H groups in total. The second-order valence-corrected chi connectivity index (χ2v) is 6.32. The second kappa shape index (κ2) is 3.76. The summed E-state index contributed by atoms with van der Waals surface area (Å²) in [4.78, 5) is 5.47. The molecule has 4 nitrogen and oxygen atoms in total. The molecule has 2 aromatic heterocycles. The molecule has 1 fully saturated rings. The highest BCUT2D eigenvalue weighted by Crippen LogP contribution is 2.36. The Kier molecular flexibility index (Phi) is 2.52. The van der Waals surface area contributed by atoms with E-state index in [9.17, 15) is 0 Å². The Morgan fingerprint density at radius 3 is 2.44 bits per heavy atom. The van der Waals surface area contributed by atoms with Gasteiger partial charge in [0.2, 0.25) is 0 Å². The van der Waals surface area contributed by atoms with Crippen LogP contribution < -0.4 is 5.59 Å². The van der Waals surface area contributed by atoms with E-state index in [1.807, 2.05) is 46.0 Å². The Hall–Kier alpha value is -0.975. The van der Waals surface area contributed by atoms with Gasteiger partial charge in [-0.05, 0) is 51.4 Å². The largest absolute Gasteiger partial charge is 0.514 e. The summed E-state index contributed by atoms with van der Waals surface area (Å²) in [5.41, 5.74) is 0.148. The van der Waals surface area contributed by atoms with Crippen molar-refractivity contribution >= 4 is 34.5 Å². The predicted molar refractivity (Wildman–Crippen MR) is 73.1 cm³/mol. The quantitative estimate of drug-likeness (QED) is 0.737. The summed E-state index contributed by atoms with van der Waals surface area (Å²) in [5, 5.41) is 1.06. The fraction of sp³-hybridized carbons (Fsp3) is 0.500. The normalized spacial score (nSPS) is 21.7. The fourth-order valence-corrected chi connectivity index (χ4v) is 2.50. The van der Waals surface area contributed by atoms with Gasteiger partial charge in [-0.1, -0.05) is 0 Å². The predicted octanol–water partition coefficient (Wildman–Crippen LogP) is 1.99. The monoisotopic (exact) mass is 262 g/mol. The third kappa shape index (κ3) is 1.76. The first-order chi connectivity index (χ1) is 8.39. The highest BCUT2D eigenvalue weighted by atomic mass is 32.1. The highest BCUT2D eigenvalue weighted by Gasteiger charge is 2.52. The van der Waals surface area contributed by atoms with Gasteiger partial charge in [0.1, 0.15) is 4.83 Å². The van der Waals surface area contributed by atoms with Crippen LogP contribution >= 0.6 is 11.5 Å². The van der Waals surface area contributed by atoms with Crippen molar-refractivity contribution < 1.29 is 9.31 Å². The van der Waals surface area contributed by atoms with E-state index in [-0.39, 0.29) is 11.2 Å². The SMILES string of the molecule is CC1(C)OB(c2ccc3cnsc3n2)OC1(C)C. The van der Waals surface area contributed by atoms with Crippen molar-refractivity contribution in [3.05, 3.63) is 18.3 Å². The van der Waals surface area contributed by atoms with Gasteiger partial charge in [-0.15, -0.1) is 0 Å². The lowest BCUT2D eigenvalue weighted by molar-refractivity contribution is 0.00578. The van der Waals surface area contributed by atoms with Crippen LogP contribution in [0.15, 0.2) is 18.3 Å². The first-order valence-electron chi connectivity index (χ1n) is 5.96. The fourth-order valence-electron chi connectivity index (χ4n) is 1.87. The zero-order valence-electron chi connectivity index (χ0n) is 10.9. The minimum atomic E-state index is -0.401. The van der Waals surface area contributed by atoms with Crippen LogP contribution in [0.2, 0.25) is 0 Å². The maximum absolute atomic E-state index is 5.98. The smallest absolute Gasteiger partial charge is 0.398 e. The van der Waals surface area contributed by atoms with E-state index in [1.165, 1.54) is 11.5 Å². The summed E-state index contributed by atoms with van der Waals surface area (Å²) in [7, 11) is -0.401. The zero-order chi connectivity index (χ0) is 13.0. The topological polar surface area (TPSA) is 44.2 Å². The van der Waals surface area contributed by atoms with Crippen LogP contribution in [-0.4, -0.2) is 27.7 Å². The Morgan fingerprint density at radius 2 is 1.78 bits per heavy atom. The van der Waals surface area contributed by atoms with Crippen molar-refractivity contribution in [3.8, 4) is 0 Å². The third-order valence-electron chi connectivity index (χ3n) is 3.74. The first-order valence-corrected chi connectivity index (χ1v) is 6.73. The van der Waals surface area contributed by atoms with Crippen molar-refractivity contribution in [2.45, 2.75) is 38.9 Å². The molecule has 94 valence electrons. The Bertz CT molecular complexity index is 581. The van der Waals surface area contributed by atoms with Crippen LogP contribution in [-0.2, 0) is 9.31 Å². The number of aromatic nitrogens is 2. The van der Waals surface area contributed by atoms with E-state index in [2.05, 4.69) is 9.36 Å². The van der Waals surface area contributed by atoms with Crippen LogP contribution in [0, 0.1) is 0 Å². The molecule has 0 aromatic carbocycles. The molecule has 0 saturated carbocycles. The number of hydrogen-bond acceptors (Lipinski definition) is 5. The van der Waals surface area contributed by atoms with Crippen molar-refractivity contribution in [2.75, 3.05) is 0 Å². The molecule has 1 aliphatic heterocycles. The zero-order valence-corrected chi connectivity index (χ0v) is 11.7. The molecule has 0 atom stereocenters. The van der Waals surface area contributed by atoms with Gasteiger partial charge in [-0.2, -0.15) is 4.37 Å². The van der Waals surface area contributed by atoms with E-state index in [1.54, 1.807) is 0 Å². The van der Waals surface area contributed by atoms with Gasteiger partial charge >= 0.3 is 7.12 Å².